The second kappa shape index (κ2) is 8.09. The number of primary amides is 1. The lowest BCUT2D eigenvalue weighted by molar-refractivity contribution is 0.1000. The highest BCUT2D eigenvalue weighted by atomic mass is 32.1. The molecule has 3 heterocycles. The Morgan fingerprint density at radius 3 is 2.81 bits per heavy atom. The van der Waals surface area contributed by atoms with E-state index in [-0.39, 0.29) is 29.1 Å². The minimum Gasteiger partial charge on any atom is -0.491 e. The van der Waals surface area contributed by atoms with Crippen molar-refractivity contribution in [2.45, 2.75) is 25.8 Å². The number of carbonyl (C=O) groups is 1. The van der Waals surface area contributed by atoms with E-state index < -0.39 is 11.7 Å². The van der Waals surface area contributed by atoms with Crippen molar-refractivity contribution in [2.24, 2.45) is 5.73 Å². The second-order valence-corrected chi connectivity index (χ2v) is 8.41. The van der Waals surface area contributed by atoms with E-state index in [1.165, 1.54) is 17.4 Å². The number of amides is 1. The van der Waals surface area contributed by atoms with Crippen LogP contribution in [0.2, 0.25) is 0 Å². The zero-order chi connectivity index (χ0) is 22.3. The number of ether oxygens (including phenoxy) is 1. The summed E-state index contributed by atoms with van der Waals surface area (Å²) in [6, 6.07) is 2.73. The molecule has 0 radical (unpaired) electrons. The Kier molecular flexibility index (Phi) is 5.47. The van der Waals surface area contributed by atoms with Crippen molar-refractivity contribution < 1.29 is 18.4 Å². The van der Waals surface area contributed by atoms with Gasteiger partial charge in [-0.1, -0.05) is 17.0 Å². The summed E-state index contributed by atoms with van der Waals surface area (Å²) in [4.78, 5) is 23.1. The average molecular weight is 441 g/mol. The van der Waals surface area contributed by atoms with Gasteiger partial charge in [-0.05, 0) is 27.1 Å². The van der Waals surface area contributed by atoms with Crippen molar-refractivity contribution in [3.8, 4) is 28.8 Å². The lowest BCUT2D eigenvalue weighted by atomic mass is 10.0. The third kappa shape index (κ3) is 4.02. The van der Waals surface area contributed by atoms with Crippen LogP contribution in [-0.2, 0) is 0 Å². The van der Waals surface area contributed by atoms with Gasteiger partial charge in [-0.3, -0.25) is 9.69 Å². The van der Waals surface area contributed by atoms with Crippen LogP contribution in [0.4, 0.5) is 4.39 Å². The average Bonchev–Trinajstić information content (AvgIpc) is 3.31. The van der Waals surface area contributed by atoms with Crippen LogP contribution in [0.5, 0.6) is 5.75 Å². The van der Waals surface area contributed by atoms with E-state index in [4.69, 9.17) is 15.0 Å². The number of hydrogen-bond acceptors (Lipinski definition) is 8. The molecule has 10 heteroatoms. The molecule has 0 spiro atoms. The van der Waals surface area contributed by atoms with Crippen LogP contribution in [0.1, 0.15) is 50.8 Å². The number of rotatable bonds is 3. The van der Waals surface area contributed by atoms with Gasteiger partial charge in [-0.2, -0.15) is 4.98 Å². The maximum atomic E-state index is 14.8. The Bertz CT molecular complexity index is 1220. The van der Waals surface area contributed by atoms with E-state index in [1.54, 1.807) is 19.9 Å². The Morgan fingerprint density at radius 2 is 2.16 bits per heavy atom. The lowest BCUT2D eigenvalue weighted by Crippen LogP contribution is -2.24. The predicted octanol–water partition coefficient (Wildman–Crippen LogP) is 2.89. The molecule has 3 aromatic rings. The first-order valence-corrected chi connectivity index (χ1v) is 10.3. The third-order valence-corrected chi connectivity index (χ3v) is 6.04. The summed E-state index contributed by atoms with van der Waals surface area (Å²) in [5.74, 6) is 5.56. The van der Waals surface area contributed by atoms with Gasteiger partial charge in [-0.15, -0.1) is 11.3 Å². The fraction of sp³-hybridized carbons (Fsp3) is 0.333. The minimum atomic E-state index is -0.607. The van der Waals surface area contributed by atoms with Crippen LogP contribution >= 0.6 is 11.3 Å². The molecule has 0 fully saturated rings. The molecule has 1 aliphatic rings. The number of fused-ring (bicyclic) bond motifs is 3. The van der Waals surface area contributed by atoms with E-state index in [0.717, 1.165) is 4.88 Å². The van der Waals surface area contributed by atoms with Gasteiger partial charge in [0, 0.05) is 18.6 Å². The van der Waals surface area contributed by atoms with E-state index in [9.17, 15) is 9.18 Å². The van der Waals surface area contributed by atoms with Crippen molar-refractivity contribution in [1.29, 1.82) is 0 Å². The number of benzene rings is 1. The smallest absolute Gasteiger partial charge is 0.277 e. The number of nitrogens with zero attached hydrogens (tertiary/aromatic N) is 4. The molecule has 0 bridgehead atoms. The summed E-state index contributed by atoms with van der Waals surface area (Å²) in [6.45, 7) is 3.78. The second-order valence-electron chi connectivity index (χ2n) is 7.38. The van der Waals surface area contributed by atoms with Crippen LogP contribution in [-0.4, -0.2) is 46.6 Å². The van der Waals surface area contributed by atoms with Gasteiger partial charge in [0.1, 0.15) is 18.2 Å². The minimum absolute atomic E-state index is 0.160. The van der Waals surface area contributed by atoms with Crippen LogP contribution in [0.3, 0.4) is 0 Å². The largest absolute Gasteiger partial charge is 0.491 e. The highest BCUT2D eigenvalue weighted by Crippen LogP contribution is 2.43. The zero-order valence-corrected chi connectivity index (χ0v) is 18.2. The molecule has 2 unspecified atom stereocenters. The number of aromatic nitrogens is 3. The molecule has 160 valence electrons. The summed E-state index contributed by atoms with van der Waals surface area (Å²) in [5, 5.41) is 4.04. The van der Waals surface area contributed by atoms with Crippen LogP contribution in [0, 0.1) is 24.6 Å². The quantitative estimate of drug-likeness (QED) is 0.623. The van der Waals surface area contributed by atoms with E-state index in [1.807, 2.05) is 19.0 Å². The number of thiazole rings is 1. The molecular weight excluding hydrogens is 421 g/mol. The van der Waals surface area contributed by atoms with Crippen molar-refractivity contribution in [3.05, 3.63) is 45.1 Å². The van der Waals surface area contributed by atoms with Crippen molar-refractivity contribution in [2.75, 3.05) is 20.7 Å². The van der Waals surface area contributed by atoms with E-state index in [2.05, 4.69) is 27.0 Å². The van der Waals surface area contributed by atoms with E-state index in [0.29, 0.717) is 28.7 Å². The van der Waals surface area contributed by atoms with Crippen molar-refractivity contribution in [1.82, 2.24) is 20.0 Å². The molecule has 1 amide bonds. The molecule has 2 N–H and O–H groups in total. The first-order chi connectivity index (χ1) is 14.7. The molecule has 0 saturated carbocycles. The van der Waals surface area contributed by atoms with Gasteiger partial charge in [0.15, 0.2) is 10.8 Å². The molecule has 0 saturated heterocycles. The summed E-state index contributed by atoms with van der Waals surface area (Å²) in [5.41, 5.74) is 6.76. The molecular formula is C21H20FN5O3S. The van der Waals surface area contributed by atoms with Gasteiger partial charge in [0.25, 0.3) is 5.91 Å². The van der Waals surface area contributed by atoms with Crippen molar-refractivity contribution in [3.63, 3.8) is 0 Å². The van der Waals surface area contributed by atoms with Gasteiger partial charge in [0.05, 0.1) is 28.1 Å². The first kappa shape index (κ1) is 21.0. The molecule has 31 heavy (non-hydrogen) atoms. The normalized spacial score (nSPS) is 15.9. The fourth-order valence-electron chi connectivity index (χ4n) is 3.18. The Morgan fingerprint density at radius 1 is 1.39 bits per heavy atom. The number of halogens is 1. The predicted molar refractivity (Wildman–Crippen MR) is 112 cm³/mol. The molecule has 2 atom stereocenters. The zero-order valence-electron chi connectivity index (χ0n) is 17.4. The van der Waals surface area contributed by atoms with Gasteiger partial charge in [-0.25, -0.2) is 9.37 Å². The molecule has 8 nitrogen and oxygen atoms in total. The Hall–Kier alpha value is -3.29. The maximum absolute atomic E-state index is 14.8. The highest BCUT2D eigenvalue weighted by Gasteiger charge is 2.30. The number of hydrogen-bond donors (Lipinski definition) is 1. The Labute approximate surface area is 182 Å². The monoisotopic (exact) mass is 441 g/mol. The maximum Gasteiger partial charge on any atom is 0.277 e. The third-order valence-electron chi connectivity index (χ3n) is 4.87. The van der Waals surface area contributed by atoms with Gasteiger partial charge >= 0.3 is 0 Å². The molecule has 1 aliphatic heterocycles. The SMILES string of the molecule is Cc1nc(C(C)C#Cc2cc3c(cc2F)OCC(N(C)C)c2sc(C(N)=O)nc2-3)no1. The lowest BCUT2D eigenvalue weighted by Gasteiger charge is -2.21. The fourth-order valence-corrected chi connectivity index (χ4v) is 4.29. The first-order valence-electron chi connectivity index (χ1n) is 9.50. The van der Waals surface area contributed by atoms with Crippen LogP contribution in [0.25, 0.3) is 11.3 Å². The summed E-state index contributed by atoms with van der Waals surface area (Å²) < 4.78 is 25.7. The molecule has 0 aliphatic carbocycles. The number of nitrogens with two attached hydrogens (primary N) is 1. The van der Waals surface area contributed by atoms with Crippen LogP contribution < -0.4 is 10.5 Å². The topological polar surface area (TPSA) is 107 Å². The van der Waals surface area contributed by atoms with Crippen LogP contribution in [0.15, 0.2) is 16.7 Å². The molecule has 4 rings (SSSR count). The van der Waals surface area contributed by atoms with Gasteiger partial charge in [0.2, 0.25) is 5.89 Å². The summed E-state index contributed by atoms with van der Waals surface area (Å²) in [6.07, 6.45) is 0. The Balaban J connectivity index is 1.79. The van der Waals surface area contributed by atoms with Gasteiger partial charge < -0.3 is 15.0 Å². The van der Waals surface area contributed by atoms with Crippen molar-refractivity contribution >= 4 is 17.2 Å². The highest BCUT2D eigenvalue weighted by molar-refractivity contribution is 7.14. The molecule has 1 aromatic carbocycles. The number of aryl methyl sites for hydroxylation is 1. The summed E-state index contributed by atoms with van der Waals surface area (Å²) >= 11 is 1.22. The number of carbonyl (C=O) groups excluding carboxylic acids is 1. The summed E-state index contributed by atoms with van der Waals surface area (Å²) in [7, 11) is 3.80. The number of likely N-dealkylation sites (N-methyl/N-ethyl adjacent to an activating group) is 1. The molecule has 2 aromatic heterocycles. The van der Waals surface area contributed by atoms with E-state index >= 15 is 0 Å². The standard InChI is InChI=1S/C21H20FN5O3S/c1-10(20-24-11(2)30-26-20)5-6-12-7-13-16(8-14(12)22)29-9-15(27(3)4)18-17(13)25-21(31-18)19(23)28/h7-8,10,15H,9H2,1-4H3,(H2,23,28).